The first-order valence-electron chi connectivity index (χ1n) is 7.11. The highest BCUT2D eigenvalue weighted by molar-refractivity contribution is 9.10. The van der Waals surface area contributed by atoms with Gasteiger partial charge in [0.2, 0.25) is 0 Å². The summed E-state index contributed by atoms with van der Waals surface area (Å²) >= 11 is 3.33. The standard InChI is InChI=1S/C18H14BrN3O/c19-15-10-14(11-20-12-15)18(23)22-17(13-6-2-1-3-7-13)16-8-4-5-9-21-16/h1-12,17H,(H,22,23)/t17-/m1/s1. The van der Waals surface area contributed by atoms with Gasteiger partial charge in [0, 0.05) is 23.1 Å². The Balaban J connectivity index is 1.92. The number of benzene rings is 1. The van der Waals surface area contributed by atoms with E-state index in [0.29, 0.717) is 5.56 Å². The van der Waals surface area contributed by atoms with Crippen LogP contribution in [0.25, 0.3) is 0 Å². The minimum absolute atomic E-state index is 0.196. The zero-order valence-corrected chi connectivity index (χ0v) is 13.8. The quantitative estimate of drug-likeness (QED) is 0.763. The predicted octanol–water partition coefficient (Wildman–Crippen LogP) is 3.76. The second kappa shape index (κ2) is 7.15. The number of rotatable bonds is 4. The molecule has 0 spiro atoms. The highest BCUT2D eigenvalue weighted by Crippen LogP contribution is 2.21. The lowest BCUT2D eigenvalue weighted by Crippen LogP contribution is -2.30. The summed E-state index contributed by atoms with van der Waals surface area (Å²) in [6, 6.07) is 16.9. The van der Waals surface area contributed by atoms with Crippen LogP contribution in [-0.2, 0) is 0 Å². The predicted molar refractivity (Wildman–Crippen MR) is 91.9 cm³/mol. The highest BCUT2D eigenvalue weighted by Gasteiger charge is 2.19. The summed E-state index contributed by atoms with van der Waals surface area (Å²) in [5.41, 5.74) is 2.26. The number of carbonyl (C=O) groups is 1. The number of nitrogens with zero attached hydrogens (tertiary/aromatic N) is 2. The van der Waals surface area contributed by atoms with Crippen LogP contribution < -0.4 is 5.32 Å². The summed E-state index contributed by atoms with van der Waals surface area (Å²) in [6.07, 6.45) is 4.91. The fraction of sp³-hybridized carbons (Fsp3) is 0.0556. The molecule has 1 aromatic carbocycles. The number of pyridine rings is 2. The van der Waals surface area contributed by atoms with Crippen molar-refractivity contribution in [2.45, 2.75) is 6.04 Å². The van der Waals surface area contributed by atoms with Crippen LogP contribution in [-0.4, -0.2) is 15.9 Å². The van der Waals surface area contributed by atoms with Gasteiger partial charge in [-0.15, -0.1) is 0 Å². The Morgan fingerprint density at radius 2 is 1.83 bits per heavy atom. The average Bonchev–Trinajstić information content (AvgIpc) is 2.61. The van der Waals surface area contributed by atoms with Crippen molar-refractivity contribution in [3.8, 4) is 0 Å². The van der Waals surface area contributed by atoms with E-state index in [2.05, 4.69) is 31.2 Å². The topological polar surface area (TPSA) is 54.9 Å². The molecule has 4 nitrogen and oxygen atoms in total. The van der Waals surface area contributed by atoms with Gasteiger partial charge in [0.05, 0.1) is 17.3 Å². The van der Waals surface area contributed by atoms with Crippen molar-refractivity contribution in [1.29, 1.82) is 0 Å². The Labute approximate surface area is 142 Å². The molecule has 3 aromatic rings. The van der Waals surface area contributed by atoms with Crippen LogP contribution in [0.15, 0.2) is 77.7 Å². The molecule has 0 unspecified atom stereocenters. The van der Waals surface area contributed by atoms with Gasteiger partial charge < -0.3 is 5.32 Å². The van der Waals surface area contributed by atoms with E-state index >= 15 is 0 Å². The van der Waals surface area contributed by atoms with Crippen LogP contribution in [0.5, 0.6) is 0 Å². The Morgan fingerprint density at radius 3 is 2.52 bits per heavy atom. The van der Waals surface area contributed by atoms with Gasteiger partial charge in [-0.1, -0.05) is 36.4 Å². The molecule has 0 aliphatic heterocycles. The molecule has 114 valence electrons. The van der Waals surface area contributed by atoms with Crippen molar-refractivity contribution < 1.29 is 4.79 Å². The summed E-state index contributed by atoms with van der Waals surface area (Å²) in [5, 5.41) is 3.03. The SMILES string of the molecule is O=C(N[C@H](c1ccccc1)c1ccccn1)c1cncc(Br)c1. The summed E-state index contributed by atoms with van der Waals surface area (Å²) in [4.78, 5) is 21.0. The summed E-state index contributed by atoms with van der Waals surface area (Å²) in [7, 11) is 0. The summed E-state index contributed by atoms with van der Waals surface area (Å²) in [6.45, 7) is 0. The normalized spacial score (nSPS) is 11.7. The number of carbonyl (C=O) groups excluding carboxylic acids is 1. The largest absolute Gasteiger partial charge is 0.339 e. The fourth-order valence-electron chi connectivity index (χ4n) is 2.27. The molecule has 0 saturated carbocycles. The van der Waals surface area contributed by atoms with Crippen molar-refractivity contribution in [3.05, 3.63) is 94.5 Å². The lowest BCUT2D eigenvalue weighted by atomic mass is 10.0. The molecule has 5 heteroatoms. The van der Waals surface area contributed by atoms with Crippen LogP contribution in [0, 0.1) is 0 Å². The van der Waals surface area contributed by atoms with Crippen LogP contribution >= 0.6 is 15.9 Å². The molecule has 1 amide bonds. The first-order valence-corrected chi connectivity index (χ1v) is 7.90. The van der Waals surface area contributed by atoms with Gasteiger partial charge in [-0.05, 0) is 39.7 Å². The molecule has 1 atom stereocenters. The molecule has 0 fully saturated rings. The Kier molecular flexibility index (Phi) is 4.78. The van der Waals surface area contributed by atoms with Crippen LogP contribution in [0.3, 0.4) is 0 Å². The third kappa shape index (κ3) is 3.81. The summed E-state index contributed by atoms with van der Waals surface area (Å²) < 4.78 is 0.763. The maximum Gasteiger partial charge on any atom is 0.253 e. The second-order valence-electron chi connectivity index (χ2n) is 4.96. The highest BCUT2D eigenvalue weighted by atomic mass is 79.9. The molecule has 23 heavy (non-hydrogen) atoms. The van der Waals surface area contributed by atoms with Crippen LogP contribution in [0.2, 0.25) is 0 Å². The van der Waals surface area contributed by atoms with Crippen molar-refractivity contribution in [1.82, 2.24) is 15.3 Å². The molecule has 1 N–H and O–H groups in total. The van der Waals surface area contributed by atoms with Gasteiger partial charge >= 0.3 is 0 Å². The minimum Gasteiger partial charge on any atom is -0.339 e. The van der Waals surface area contributed by atoms with Gasteiger partial charge in [-0.25, -0.2) is 0 Å². The van der Waals surface area contributed by atoms with Gasteiger partial charge in [0.25, 0.3) is 5.91 Å². The van der Waals surface area contributed by atoms with Crippen LogP contribution in [0.4, 0.5) is 0 Å². The smallest absolute Gasteiger partial charge is 0.253 e. The Bertz CT molecular complexity index is 754. The van der Waals surface area contributed by atoms with Crippen molar-refractivity contribution in [2.75, 3.05) is 0 Å². The molecule has 0 aliphatic rings. The summed E-state index contributed by atoms with van der Waals surface area (Å²) in [5.74, 6) is -0.196. The van der Waals surface area contributed by atoms with Gasteiger partial charge in [0.15, 0.2) is 0 Å². The molecule has 0 saturated heterocycles. The monoisotopic (exact) mass is 367 g/mol. The lowest BCUT2D eigenvalue weighted by molar-refractivity contribution is 0.0942. The van der Waals surface area contributed by atoms with E-state index < -0.39 is 0 Å². The number of nitrogens with one attached hydrogen (secondary N) is 1. The Hall–Kier alpha value is -2.53. The molecule has 0 bridgehead atoms. The lowest BCUT2D eigenvalue weighted by Gasteiger charge is -2.19. The molecule has 0 aliphatic carbocycles. The first kappa shape index (κ1) is 15.4. The second-order valence-corrected chi connectivity index (χ2v) is 5.88. The van der Waals surface area contributed by atoms with Crippen molar-refractivity contribution in [3.63, 3.8) is 0 Å². The van der Waals surface area contributed by atoms with E-state index in [1.165, 1.54) is 0 Å². The van der Waals surface area contributed by atoms with E-state index in [1.807, 2.05) is 48.5 Å². The van der Waals surface area contributed by atoms with E-state index in [9.17, 15) is 4.79 Å². The molecule has 2 aromatic heterocycles. The zero-order chi connectivity index (χ0) is 16.1. The van der Waals surface area contributed by atoms with Gasteiger partial charge in [0.1, 0.15) is 0 Å². The van der Waals surface area contributed by atoms with E-state index in [0.717, 1.165) is 15.7 Å². The number of aromatic nitrogens is 2. The van der Waals surface area contributed by atoms with E-state index in [1.54, 1.807) is 24.7 Å². The maximum absolute atomic E-state index is 12.6. The number of hydrogen-bond donors (Lipinski definition) is 1. The maximum atomic E-state index is 12.6. The third-order valence-corrected chi connectivity index (χ3v) is 3.79. The van der Waals surface area contributed by atoms with E-state index in [4.69, 9.17) is 0 Å². The van der Waals surface area contributed by atoms with Crippen LogP contribution in [0.1, 0.15) is 27.7 Å². The van der Waals surface area contributed by atoms with Crippen molar-refractivity contribution >= 4 is 21.8 Å². The number of hydrogen-bond acceptors (Lipinski definition) is 3. The van der Waals surface area contributed by atoms with Crippen molar-refractivity contribution in [2.24, 2.45) is 0 Å². The third-order valence-electron chi connectivity index (χ3n) is 3.36. The average molecular weight is 368 g/mol. The fourth-order valence-corrected chi connectivity index (χ4v) is 2.64. The minimum atomic E-state index is -0.316. The number of amides is 1. The molecular formula is C18H14BrN3O. The molecule has 0 radical (unpaired) electrons. The first-order chi connectivity index (χ1) is 11.2. The zero-order valence-electron chi connectivity index (χ0n) is 12.2. The Morgan fingerprint density at radius 1 is 1.04 bits per heavy atom. The van der Waals surface area contributed by atoms with Gasteiger partial charge in [-0.3, -0.25) is 14.8 Å². The number of halogens is 1. The molecule has 3 rings (SSSR count). The van der Waals surface area contributed by atoms with Gasteiger partial charge in [-0.2, -0.15) is 0 Å². The molecular weight excluding hydrogens is 354 g/mol. The van der Waals surface area contributed by atoms with E-state index in [-0.39, 0.29) is 11.9 Å². The molecule has 2 heterocycles.